The largest absolute Gasteiger partial charge is 0.289 e. The van der Waals surface area contributed by atoms with Crippen LogP contribution in [0.5, 0.6) is 0 Å². The minimum atomic E-state index is 0.231. The molecule has 1 aromatic rings. The Hall–Kier alpha value is -0.760. The summed E-state index contributed by atoms with van der Waals surface area (Å²) in [5.74, 6) is 2.86. The van der Waals surface area contributed by atoms with E-state index < -0.39 is 0 Å². The highest BCUT2D eigenvalue weighted by molar-refractivity contribution is 7.98. The van der Waals surface area contributed by atoms with Crippen molar-refractivity contribution in [3.05, 3.63) is 35.9 Å². The molecule has 2 heteroatoms. The second-order valence-electron chi connectivity index (χ2n) is 4.03. The number of carbonyl (C=O) groups excluding carboxylic acids is 1. The van der Waals surface area contributed by atoms with E-state index >= 15 is 0 Å². The Labute approximate surface area is 94.2 Å². The van der Waals surface area contributed by atoms with Crippen molar-refractivity contribution in [2.75, 3.05) is 11.5 Å². The third-order valence-corrected chi connectivity index (χ3v) is 5.83. The number of ketones is 1. The first-order valence-corrected chi connectivity index (χ1v) is 7.17. The molecule has 1 aromatic carbocycles. The van der Waals surface area contributed by atoms with Gasteiger partial charge in [-0.25, -0.2) is 0 Å². The topological polar surface area (TPSA) is 17.1 Å². The maximum Gasteiger partial charge on any atom is 0.214 e. The molecule has 0 radical (unpaired) electrons. The van der Waals surface area contributed by atoms with Gasteiger partial charge in [-0.05, 0) is 30.7 Å². The van der Waals surface area contributed by atoms with Crippen LogP contribution >= 0.6 is 0 Å². The number of carbonyl (C=O) groups is 1. The molecule has 0 spiro atoms. The second kappa shape index (κ2) is 4.84. The van der Waals surface area contributed by atoms with Crippen LogP contribution in [0.4, 0.5) is 0 Å². The van der Waals surface area contributed by atoms with Crippen LogP contribution in [0.1, 0.15) is 30.1 Å². The van der Waals surface area contributed by atoms with Crippen LogP contribution in [0.3, 0.4) is 0 Å². The maximum atomic E-state index is 12.1. The minimum absolute atomic E-state index is 0.231. The molecule has 0 amide bonds. The van der Waals surface area contributed by atoms with Crippen molar-refractivity contribution in [1.82, 2.24) is 0 Å². The van der Waals surface area contributed by atoms with Crippen molar-refractivity contribution in [3.8, 4) is 0 Å². The van der Waals surface area contributed by atoms with E-state index in [1.807, 2.05) is 30.3 Å². The zero-order valence-corrected chi connectivity index (χ0v) is 9.93. The fraction of sp³-hybridized carbons (Fsp3) is 0.462. The smallest absolute Gasteiger partial charge is 0.214 e. The molecular weight excluding hydrogens is 204 g/mol. The lowest BCUT2D eigenvalue weighted by Gasteiger charge is -2.09. The molecule has 0 saturated carbocycles. The standard InChI is InChI=1S/C13H17OS/c1-11(15-9-5-6-10-15)13(14)12-7-3-2-4-8-12/h2-4,7-8,11H,5-6,9-10H2,1H3/q+1. The van der Waals surface area contributed by atoms with Gasteiger partial charge in [0.05, 0.1) is 0 Å². The first-order valence-electron chi connectivity index (χ1n) is 5.54. The van der Waals surface area contributed by atoms with Gasteiger partial charge in [-0.1, -0.05) is 30.3 Å². The normalized spacial score (nSPS) is 19.0. The quantitative estimate of drug-likeness (QED) is 0.566. The van der Waals surface area contributed by atoms with Crippen molar-refractivity contribution in [2.45, 2.75) is 25.0 Å². The van der Waals surface area contributed by atoms with Crippen molar-refractivity contribution < 1.29 is 4.79 Å². The molecule has 0 aliphatic carbocycles. The van der Waals surface area contributed by atoms with Gasteiger partial charge < -0.3 is 0 Å². The Kier molecular flexibility index (Phi) is 3.47. The van der Waals surface area contributed by atoms with E-state index in [-0.39, 0.29) is 5.25 Å². The van der Waals surface area contributed by atoms with Crippen LogP contribution in [0.2, 0.25) is 0 Å². The van der Waals surface area contributed by atoms with E-state index in [4.69, 9.17) is 0 Å². The predicted molar refractivity (Wildman–Crippen MR) is 66.6 cm³/mol. The molecule has 0 bridgehead atoms. The van der Waals surface area contributed by atoms with Crippen LogP contribution in [-0.4, -0.2) is 22.5 Å². The molecule has 1 aliphatic rings. The zero-order valence-electron chi connectivity index (χ0n) is 9.11. The van der Waals surface area contributed by atoms with Crippen molar-refractivity contribution >= 4 is 16.7 Å². The van der Waals surface area contributed by atoms with Gasteiger partial charge in [0.1, 0.15) is 11.5 Å². The lowest BCUT2D eigenvalue weighted by Crippen LogP contribution is -2.28. The molecule has 1 saturated heterocycles. The van der Waals surface area contributed by atoms with Gasteiger partial charge in [-0.3, -0.25) is 4.79 Å². The maximum absolute atomic E-state index is 12.1. The van der Waals surface area contributed by atoms with Gasteiger partial charge in [0.25, 0.3) is 0 Å². The summed E-state index contributed by atoms with van der Waals surface area (Å²) < 4.78 is 0. The Bertz CT molecular complexity index is 328. The summed E-state index contributed by atoms with van der Waals surface area (Å²) in [6.45, 7) is 2.10. The molecule has 0 aromatic heterocycles. The molecule has 1 nitrogen and oxygen atoms in total. The lowest BCUT2D eigenvalue weighted by atomic mass is 10.1. The Morgan fingerprint density at radius 2 is 1.80 bits per heavy atom. The summed E-state index contributed by atoms with van der Waals surface area (Å²) in [7, 11) is 0.348. The van der Waals surface area contributed by atoms with E-state index in [9.17, 15) is 4.79 Å². The highest BCUT2D eigenvalue weighted by Crippen LogP contribution is 2.21. The minimum Gasteiger partial charge on any atom is -0.289 e. The van der Waals surface area contributed by atoms with Crippen molar-refractivity contribution in [3.63, 3.8) is 0 Å². The van der Waals surface area contributed by atoms with Crippen LogP contribution in [0.25, 0.3) is 0 Å². The fourth-order valence-corrected chi connectivity index (χ4v) is 4.52. The summed E-state index contributed by atoms with van der Waals surface area (Å²) in [6.07, 6.45) is 2.63. The molecular formula is C13H17OS+. The zero-order chi connectivity index (χ0) is 10.7. The summed E-state index contributed by atoms with van der Waals surface area (Å²) in [5, 5.41) is 0.231. The van der Waals surface area contributed by atoms with Crippen LogP contribution < -0.4 is 0 Å². The van der Waals surface area contributed by atoms with E-state index in [2.05, 4.69) is 6.92 Å². The second-order valence-corrected chi connectivity index (χ2v) is 6.62. The Morgan fingerprint density at radius 1 is 1.20 bits per heavy atom. The first kappa shape index (κ1) is 10.7. The van der Waals surface area contributed by atoms with Gasteiger partial charge in [0, 0.05) is 5.56 Å². The lowest BCUT2D eigenvalue weighted by molar-refractivity contribution is 0.0993. The number of benzene rings is 1. The number of hydrogen-bond donors (Lipinski definition) is 0. The number of hydrogen-bond acceptors (Lipinski definition) is 1. The summed E-state index contributed by atoms with van der Waals surface area (Å²) >= 11 is 0. The molecule has 1 fully saturated rings. The van der Waals surface area contributed by atoms with Gasteiger partial charge in [0.15, 0.2) is 5.25 Å². The van der Waals surface area contributed by atoms with Crippen LogP contribution in [-0.2, 0) is 10.9 Å². The average molecular weight is 221 g/mol. The monoisotopic (exact) mass is 221 g/mol. The van der Waals surface area contributed by atoms with Crippen LogP contribution in [0, 0.1) is 0 Å². The van der Waals surface area contributed by atoms with Crippen molar-refractivity contribution in [2.24, 2.45) is 0 Å². The predicted octanol–water partition coefficient (Wildman–Crippen LogP) is 2.67. The van der Waals surface area contributed by atoms with Gasteiger partial charge >= 0.3 is 0 Å². The molecule has 2 rings (SSSR count). The molecule has 80 valence electrons. The highest BCUT2D eigenvalue weighted by Gasteiger charge is 2.35. The van der Waals surface area contributed by atoms with E-state index in [0.29, 0.717) is 16.7 Å². The summed E-state index contributed by atoms with van der Waals surface area (Å²) in [4.78, 5) is 12.1. The third kappa shape index (κ3) is 2.43. The Morgan fingerprint density at radius 3 is 2.40 bits per heavy atom. The van der Waals surface area contributed by atoms with E-state index in [0.717, 1.165) is 5.56 Å². The third-order valence-electron chi connectivity index (χ3n) is 2.99. The number of rotatable bonds is 3. The van der Waals surface area contributed by atoms with Gasteiger partial charge in [-0.2, -0.15) is 0 Å². The molecule has 0 N–H and O–H groups in total. The van der Waals surface area contributed by atoms with E-state index in [1.54, 1.807) is 0 Å². The van der Waals surface area contributed by atoms with Gasteiger partial charge in [-0.15, -0.1) is 0 Å². The van der Waals surface area contributed by atoms with Crippen LogP contribution in [0.15, 0.2) is 30.3 Å². The summed E-state index contributed by atoms with van der Waals surface area (Å²) in [5.41, 5.74) is 0.879. The van der Waals surface area contributed by atoms with E-state index in [1.165, 1.54) is 24.3 Å². The fourth-order valence-electron chi connectivity index (χ4n) is 2.02. The highest BCUT2D eigenvalue weighted by atomic mass is 32.2. The Balaban J connectivity index is 2.07. The SMILES string of the molecule is CC(C(=O)c1ccccc1)[S+]1CCCC1. The summed E-state index contributed by atoms with van der Waals surface area (Å²) in [6, 6.07) is 9.70. The molecule has 1 unspecified atom stereocenters. The molecule has 15 heavy (non-hydrogen) atoms. The number of Topliss-reactive ketones (excluding diaryl/α,β-unsaturated/α-hetero) is 1. The van der Waals surface area contributed by atoms with Crippen molar-refractivity contribution in [1.29, 1.82) is 0 Å². The average Bonchev–Trinajstić information content (AvgIpc) is 2.82. The molecule has 1 heterocycles. The molecule has 1 atom stereocenters. The van der Waals surface area contributed by atoms with Gasteiger partial charge in [0.2, 0.25) is 5.78 Å². The first-order chi connectivity index (χ1) is 7.29. The molecule has 1 aliphatic heterocycles.